The summed E-state index contributed by atoms with van der Waals surface area (Å²) < 4.78 is 62.5. The van der Waals surface area contributed by atoms with Crippen LogP contribution in [-0.4, -0.2) is 44.7 Å². The minimum Gasteiger partial charge on any atom is -0.228 e. The molecule has 5 nitrogen and oxygen atoms in total. The molecule has 0 aromatic heterocycles. The molecule has 2 saturated heterocycles. The van der Waals surface area contributed by atoms with E-state index in [0.717, 1.165) is 18.2 Å². The highest BCUT2D eigenvalue weighted by atomic mass is 35.5. The van der Waals surface area contributed by atoms with Crippen molar-refractivity contribution >= 4 is 31.5 Å². The Balaban J connectivity index is 1.97. The van der Waals surface area contributed by atoms with Crippen LogP contribution < -0.4 is 0 Å². The number of fused-ring (bicyclic) bond motifs is 2. The standard InChI is InChI=1S/C11H11ClFNO4S2/c12-10-4-8(1-2-11(10)13)20(17,18)14-5-9-3-7(14)6-19(9,15)16/h1-2,4,7,9H,3,5-6H2. The number of hydrogen-bond acceptors (Lipinski definition) is 4. The highest BCUT2D eigenvalue weighted by Gasteiger charge is 2.52. The summed E-state index contributed by atoms with van der Waals surface area (Å²) in [5, 5.41) is -0.902. The summed E-state index contributed by atoms with van der Waals surface area (Å²) in [5.74, 6) is -0.845. The Morgan fingerprint density at radius 2 is 2.05 bits per heavy atom. The van der Waals surface area contributed by atoms with Crippen molar-refractivity contribution in [3.63, 3.8) is 0 Å². The van der Waals surface area contributed by atoms with E-state index in [1.54, 1.807) is 0 Å². The van der Waals surface area contributed by atoms with Crippen LogP contribution in [0.5, 0.6) is 0 Å². The van der Waals surface area contributed by atoms with Crippen LogP contribution in [0.1, 0.15) is 6.42 Å². The second kappa shape index (κ2) is 4.40. The van der Waals surface area contributed by atoms with E-state index in [1.807, 2.05) is 0 Å². The van der Waals surface area contributed by atoms with Crippen LogP contribution >= 0.6 is 11.6 Å². The van der Waals surface area contributed by atoms with Crippen LogP contribution in [0.4, 0.5) is 4.39 Å². The summed E-state index contributed by atoms with van der Waals surface area (Å²) in [6.45, 7) is -0.0374. The molecule has 2 unspecified atom stereocenters. The first-order valence-corrected chi connectivity index (χ1v) is 9.43. The SMILES string of the molecule is O=S1(=O)CC2CC1CN2S(=O)(=O)c1ccc(F)c(Cl)c1. The summed E-state index contributed by atoms with van der Waals surface area (Å²) in [5.41, 5.74) is 0. The van der Waals surface area contributed by atoms with Crippen molar-refractivity contribution in [3.8, 4) is 0 Å². The lowest BCUT2D eigenvalue weighted by molar-refractivity contribution is 0.402. The third kappa shape index (κ3) is 2.05. The van der Waals surface area contributed by atoms with Crippen molar-refractivity contribution in [3.05, 3.63) is 29.0 Å². The highest BCUT2D eigenvalue weighted by molar-refractivity contribution is 7.93. The van der Waals surface area contributed by atoms with Gasteiger partial charge in [-0.15, -0.1) is 0 Å². The fourth-order valence-corrected chi connectivity index (χ4v) is 6.90. The molecule has 0 radical (unpaired) electrons. The van der Waals surface area contributed by atoms with E-state index in [0.29, 0.717) is 6.42 Å². The Kier molecular flexibility index (Phi) is 3.13. The second-order valence-corrected chi connectivity index (χ2v) is 9.62. The number of sulfonamides is 1. The molecular formula is C11H11ClFNO4S2. The predicted octanol–water partition coefficient (Wildman–Crippen LogP) is 1.04. The maximum Gasteiger partial charge on any atom is 0.243 e. The predicted molar refractivity (Wildman–Crippen MR) is 71.3 cm³/mol. The molecule has 9 heteroatoms. The van der Waals surface area contributed by atoms with E-state index < -0.39 is 37.0 Å². The zero-order valence-electron chi connectivity index (χ0n) is 10.2. The largest absolute Gasteiger partial charge is 0.243 e. The highest BCUT2D eigenvalue weighted by Crippen LogP contribution is 2.37. The van der Waals surface area contributed by atoms with E-state index >= 15 is 0 Å². The van der Waals surface area contributed by atoms with Gasteiger partial charge in [0.2, 0.25) is 10.0 Å². The quantitative estimate of drug-likeness (QED) is 0.807. The first-order valence-electron chi connectivity index (χ1n) is 5.90. The van der Waals surface area contributed by atoms with E-state index in [1.165, 1.54) is 4.31 Å². The zero-order valence-corrected chi connectivity index (χ0v) is 12.5. The van der Waals surface area contributed by atoms with Gasteiger partial charge in [-0.25, -0.2) is 21.2 Å². The van der Waals surface area contributed by atoms with Gasteiger partial charge < -0.3 is 0 Å². The number of sulfone groups is 1. The number of nitrogens with zero attached hydrogens (tertiary/aromatic N) is 1. The van der Waals surface area contributed by atoms with E-state index in [4.69, 9.17) is 11.6 Å². The Bertz CT molecular complexity index is 778. The summed E-state index contributed by atoms with van der Waals surface area (Å²) in [7, 11) is -7.01. The molecule has 0 amide bonds. The third-order valence-electron chi connectivity index (χ3n) is 3.76. The van der Waals surface area contributed by atoms with Gasteiger partial charge in [0.05, 0.1) is 20.9 Å². The zero-order chi connectivity index (χ0) is 14.7. The molecule has 2 atom stereocenters. The van der Waals surface area contributed by atoms with Crippen LogP contribution in [0.3, 0.4) is 0 Å². The van der Waals surface area contributed by atoms with Gasteiger partial charge in [-0.05, 0) is 24.6 Å². The van der Waals surface area contributed by atoms with Crippen molar-refractivity contribution in [2.24, 2.45) is 0 Å². The maximum absolute atomic E-state index is 13.1. The molecule has 0 N–H and O–H groups in total. The number of rotatable bonds is 2. The topological polar surface area (TPSA) is 71.5 Å². The van der Waals surface area contributed by atoms with Gasteiger partial charge in [-0.2, -0.15) is 4.31 Å². The minimum absolute atomic E-state index is 0.0374. The monoisotopic (exact) mass is 339 g/mol. The molecule has 110 valence electrons. The smallest absolute Gasteiger partial charge is 0.228 e. The number of benzene rings is 1. The van der Waals surface area contributed by atoms with Crippen LogP contribution in [0.2, 0.25) is 5.02 Å². The van der Waals surface area contributed by atoms with Gasteiger partial charge >= 0.3 is 0 Å². The van der Waals surface area contributed by atoms with E-state index in [2.05, 4.69) is 0 Å². The third-order valence-corrected chi connectivity index (χ3v) is 8.17. The van der Waals surface area contributed by atoms with Crippen molar-refractivity contribution in [1.82, 2.24) is 4.31 Å². The normalized spacial score (nSPS) is 28.9. The summed E-state index contributed by atoms with van der Waals surface area (Å²) >= 11 is 5.60. The van der Waals surface area contributed by atoms with Crippen LogP contribution in [0.15, 0.2) is 23.1 Å². The lowest BCUT2D eigenvalue weighted by atomic mass is 10.3. The number of hydrogen-bond donors (Lipinski definition) is 0. The molecule has 1 aromatic rings. The molecule has 3 rings (SSSR count). The van der Waals surface area contributed by atoms with Gasteiger partial charge in [0.25, 0.3) is 0 Å². The van der Waals surface area contributed by atoms with Crippen LogP contribution in [-0.2, 0) is 19.9 Å². The molecular weight excluding hydrogens is 329 g/mol. The van der Waals surface area contributed by atoms with Crippen LogP contribution in [0, 0.1) is 5.82 Å². The van der Waals surface area contributed by atoms with Gasteiger partial charge in [0.1, 0.15) is 5.82 Å². The van der Waals surface area contributed by atoms with Gasteiger partial charge in [-0.3, -0.25) is 0 Å². The van der Waals surface area contributed by atoms with E-state index in [-0.39, 0.29) is 22.2 Å². The molecule has 0 spiro atoms. The molecule has 0 saturated carbocycles. The first kappa shape index (κ1) is 14.2. The molecule has 2 heterocycles. The summed E-state index contributed by atoms with van der Waals surface area (Å²) in [6.07, 6.45) is 0.330. The van der Waals surface area contributed by atoms with Crippen molar-refractivity contribution in [2.45, 2.75) is 22.6 Å². The maximum atomic E-state index is 13.1. The molecule has 2 fully saturated rings. The average Bonchev–Trinajstić information content (AvgIpc) is 2.88. The molecule has 1 aromatic carbocycles. The first-order chi connectivity index (χ1) is 9.22. The summed E-state index contributed by atoms with van der Waals surface area (Å²) in [6, 6.07) is 2.64. The van der Waals surface area contributed by atoms with Crippen molar-refractivity contribution in [2.75, 3.05) is 12.3 Å². The fraction of sp³-hybridized carbons (Fsp3) is 0.455. The lowest BCUT2D eigenvalue weighted by Gasteiger charge is -2.26. The number of halogens is 2. The molecule has 0 aliphatic carbocycles. The lowest BCUT2D eigenvalue weighted by Crippen LogP contribution is -2.43. The molecule has 2 aliphatic heterocycles. The Morgan fingerprint density at radius 1 is 1.35 bits per heavy atom. The fourth-order valence-electron chi connectivity index (χ4n) is 2.73. The van der Waals surface area contributed by atoms with Gasteiger partial charge in [0.15, 0.2) is 9.84 Å². The van der Waals surface area contributed by atoms with Crippen molar-refractivity contribution in [1.29, 1.82) is 0 Å². The minimum atomic E-state index is -3.84. The van der Waals surface area contributed by atoms with E-state index in [9.17, 15) is 21.2 Å². The van der Waals surface area contributed by atoms with Gasteiger partial charge in [0, 0.05) is 12.6 Å². The average molecular weight is 340 g/mol. The summed E-state index contributed by atoms with van der Waals surface area (Å²) in [4.78, 5) is -0.117. The van der Waals surface area contributed by atoms with Crippen molar-refractivity contribution < 1.29 is 21.2 Å². The Hall–Kier alpha value is -0.700. The second-order valence-electron chi connectivity index (χ2n) is 4.99. The van der Waals surface area contributed by atoms with Crippen LogP contribution in [0.25, 0.3) is 0 Å². The Morgan fingerprint density at radius 3 is 2.55 bits per heavy atom. The molecule has 2 aliphatic rings. The Labute approximate surface area is 121 Å². The van der Waals surface area contributed by atoms with Gasteiger partial charge in [-0.1, -0.05) is 11.6 Å². The molecule has 2 bridgehead atoms. The molecule has 20 heavy (non-hydrogen) atoms.